The predicted molar refractivity (Wildman–Crippen MR) is 119 cm³/mol. The van der Waals surface area contributed by atoms with Crippen molar-refractivity contribution in [2.24, 2.45) is 0 Å². The highest BCUT2D eigenvalue weighted by Crippen LogP contribution is 2.48. The van der Waals surface area contributed by atoms with Crippen LogP contribution in [0.15, 0.2) is 65.0 Å². The van der Waals surface area contributed by atoms with Crippen LogP contribution in [0.4, 0.5) is 0 Å². The number of allylic oxidation sites excluding steroid dienone is 3. The largest absolute Gasteiger partial charge is 0.466 e. The summed E-state index contributed by atoms with van der Waals surface area (Å²) in [6, 6.07) is 13.1. The second kappa shape index (κ2) is 8.02. The topological polar surface area (TPSA) is 73.9 Å². The van der Waals surface area contributed by atoms with Gasteiger partial charge in [-0.15, -0.1) is 0 Å². The van der Waals surface area contributed by atoms with Gasteiger partial charge in [0.2, 0.25) is 6.79 Å². The fourth-order valence-electron chi connectivity index (χ4n) is 4.87. The molecule has 2 aromatic carbocycles. The minimum Gasteiger partial charge on any atom is -0.466 e. The van der Waals surface area contributed by atoms with E-state index in [1.54, 1.807) is 0 Å². The molecule has 0 saturated heterocycles. The van der Waals surface area contributed by atoms with Crippen molar-refractivity contribution in [1.29, 1.82) is 0 Å². The molecule has 0 saturated carbocycles. The Morgan fingerprint density at radius 1 is 1.12 bits per heavy atom. The third-order valence-electron chi connectivity index (χ3n) is 6.31. The van der Waals surface area contributed by atoms with E-state index in [2.05, 4.69) is 5.32 Å². The Hall–Kier alpha value is -3.25. The number of carbonyl (C=O) groups excluding carboxylic acids is 2. The van der Waals surface area contributed by atoms with Crippen LogP contribution in [0, 0.1) is 0 Å². The summed E-state index contributed by atoms with van der Waals surface area (Å²) in [5.74, 6) is 0.180. The fourth-order valence-corrected chi connectivity index (χ4v) is 5.16. The number of ketones is 1. The number of hydrogen-bond donors (Lipinski definition) is 1. The van der Waals surface area contributed by atoms with Gasteiger partial charge in [-0.05, 0) is 48.6 Å². The molecule has 6 nitrogen and oxygen atoms in total. The summed E-state index contributed by atoms with van der Waals surface area (Å²) in [7, 11) is 1.35. The van der Waals surface area contributed by atoms with E-state index in [0.29, 0.717) is 46.2 Å². The molecule has 2 aliphatic heterocycles. The summed E-state index contributed by atoms with van der Waals surface area (Å²) >= 11 is 6.43. The molecule has 2 atom stereocenters. The monoisotopic (exact) mass is 451 g/mol. The van der Waals surface area contributed by atoms with E-state index >= 15 is 0 Å². The van der Waals surface area contributed by atoms with E-state index in [1.165, 1.54) is 7.11 Å². The normalized spacial score (nSPS) is 21.9. The first kappa shape index (κ1) is 20.6. The minimum absolute atomic E-state index is 0.0137. The Kier molecular flexibility index (Phi) is 5.18. The molecule has 0 amide bonds. The maximum Gasteiger partial charge on any atom is 0.336 e. The van der Waals surface area contributed by atoms with Crippen LogP contribution in [0.3, 0.4) is 0 Å². The molecule has 0 radical (unpaired) electrons. The summed E-state index contributed by atoms with van der Waals surface area (Å²) < 4.78 is 16.1. The van der Waals surface area contributed by atoms with Crippen molar-refractivity contribution < 1.29 is 23.8 Å². The van der Waals surface area contributed by atoms with Gasteiger partial charge in [-0.1, -0.05) is 35.9 Å². The molecule has 0 spiro atoms. The molecule has 0 aromatic heterocycles. The molecule has 5 rings (SSSR count). The van der Waals surface area contributed by atoms with Crippen LogP contribution in [-0.2, 0) is 14.3 Å². The summed E-state index contributed by atoms with van der Waals surface area (Å²) in [6.45, 7) is 1.98. The first-order valence-electron chi connectivity index (χ1n) is 10.4. The molecule has 0 fully saturated rings. The number of benzene rings is 2. The van der Waals surface area contributed by atoms with Gasteiger partial charge in [0.05, 0.1) is 12.7 Å². The zero-order valence-corrected chi connectivity index (χ0v) is 18.5. The van der Waals surface area contributed by atoms with Crippen molar-refractivity contribution in [3.63, 3.8) is 0 Å². The summed E-state index contributed by atoms with van der Waals surface area (Å²) in [4.78, 5) is 26.3. The Balaban J connectivity index is 1.61. The smallest absolute Gasteiger partial charge is 0.336 e. The maximum absolute atomic E-state index is 13.5. The van der Waals surface area contributed by atoms with Gasteiger partial charge in [-0.2, -0.15) is 0 Å². The van der Waals surface area contributed by atoms with Crippen LogP contribution >= 0.6 is 11.6 Å². The van der Waals surface area contributed by atoms with Gasteiger partial charge in [0.25, 0.3) is 0 Å². The van der Waals surface area contributed by atoms with E-state index in [9.17, 15) is 9.59 Å². The zero-order valence-electron chi connectivity index (χ0n) is 17.7. The number of Topliss-reactive ketones (excluding diaryl/α,β-unsaturated/α-hetero) is 1. The summed E-state index contributed by atoms with van der Waals surface area (Å²) in [6.07, 6.45) is 0.941. The Morgan fingerprint density at radius 3 is 2.69 bits per heavy atom. The lowest BCUT2D eigenvalue weighted by atomic mass is 9.71. The van der Waals surface area contributed by atoms with E-state index in [1.807, 2.05) is 49.4 Å². The lowest BCUT2D eigenvalue weighted by Crippen LogP contribution is -2.36. The van der Waals surface area contributed by atoms with Crippen molar-refractivity contribution in [3.05, 3.63) is 81.2 Å². The summed E-state index contributed by atoms with van der Waals surface area (Å²) in [5.41, 5.74) is 4.25. The van der Waals surface area contributed by atoms with Crippen LogP contribution in [0.25, 0.3) is 0 Å². The van der Waals surface area contributed by atoms with Crippen LogP contribution in [0.1, 0.15) is 42.7 Å². The molecular formula is C25H22ClNO5. The van der Waals surface area contributed by atoms with E-state index in [-0.39, 0.29) is 18.5 Å². The number of esters is 1. The Labute approximate surface area is 190 Å². The number of hydrogen-bond acceptors (Lipinski definition) is 6. The number of fused-ring (bicyclic) bond motifs is 1. The second-order valence-corrected chi connectivity index (χ2v) is 8.55. The van der Waals surface area contributed by atoms with Crippen molar-refractivity contribution >= 4 is 23.4 Å². The standard InChI is InChI=1S/C25H22ClNO5/c1-13-22(25(29)30-2)23(14-7-8-20-21(11-14)32-12-31-20)24-18(27-13)9-15(10-19(24)28)16-5-3-4-6-17(16)26/h3-8,11,15,23,27H,9-10,12H2,1-2H3/t15-,23+/m1/s1. The lowest BCUT2D eigenvalue weighted by molar-refractivity contribution is -0.136. The molecule has 164 valence electrons. The number of dihydropyridines is 1. The predicted octanol–water partition coefficient (Wildman–Crippen LogP) is 4.60. The van der Waals surface area contributed by atoms with E-state index in [4.69, 9.17) is 25.8 Å². The third-order valence-corrected chi connectivity index (χ3v) is 6.65. The molecule has 0 unspecified atom stereocenters. The molecule has 2 heterocycles. The van der Waals surface area contributed by atoms with E-state index in [0.717, 1.165) is 16.8 Å². The molecule has 1 N–H and O–H groups in total. The molecule has 0 bridgehead atoms. The van der Waals surface area contributed by atoms with Crippen LogP contribution < -0.4 is 14.8 Å². The van der Waals surface area contributed by atoms with Crippen molar-refractivity contribution in [1.82, 2.24) is 5.32 Å². The first-order chi connectivity index (χ1) is 15.5. The number of methoxy groups -OCH3 is 1. The number of ether oxygens (including phenoxy) is 3. The van der Waals surface area contributed by atoms with Crippen LogP contribution in [0.5, 0.6) is 11.5 Å². The lowest BCUT2D eigenvalue weighted by Gasteiger charge is -2.36. The molecule has 32 heavy (non-hydrogen) atoms. The minimum atomic E-state index is -0.548. The average Bonchev–Trinajstić information content (AvgIpc) is 3.25. The quantitative estimate of drug-likeness (QED) is 0.687. The van der Waals surface area contributed by atoms with E-state index < -0.39 is 11.9 Å². The van der Waals surface area contributed by atoms with Gasteiger partial charge in [-0.3, -0.25) is 4.79 Å². The van der Waals surface area contributed by atoms with Gasteiger partial charge in [-0.25, -0.2) is 4.79 Å². The van der Waals surface area contributed by atoms with Gasteiger partial charge in [0.1, 0.15) is 0 Å². The van der Waals surface area contributed by atoms with Crippen molar-refractivity contribution in [3.8, 4) is 11.5 Å². The average molecular weight is 452 g/mol. The fraction of sp³-hybridized carbons (Fsp3) is 0.280. The first-order valence-corrected chi connectivity index (χ1v) is 10.8. The highest BCUT2D eigenvalue weighted by Gasteiger charge is 2.42. The highest BCUT2D eigenvalue weighted by atomic mass is 35.5. The summed E-state index contributed by atoms with van der Waals surface area (Å²) in [5, 5.41) is 3.98. The number of halogens is 1. The van der Waals surface area contributed by atoms with Gasteiger partial charge in [0.15, 0.2) is 17.3 Å². The number of carbonyl (C=O) groups is 2. The number of nitrogens with one attached hydrogen (secondary N) is 1. The van der Waals surface area contributed by atoms with Crippen LogP contribution in [-0.4, -0.2) is 25.7 Å². The number of rotatable bonds is 3. The molecule has 2 aromatic rings. The molecule has 1 aliphatic carbocycles. The van der Waals surface area contributed by atoms with Crippen LogP contribution in [0.2, 0.25) is 5.02 Å². The Bertz CT molecular complexity index is 1200. The highest BCUT2D eigenvalue weighted by molar-refractivity contribution is 6.31. The SMILES string of the molecule is COC(=O)C1=C(C)NC2=C(C(=O)C[C@H](c3ccccc3Cl)C2)[C@H]1c1ccc2c(c1)OCO2. The van der Waals surface area contributed by atoms with Gasteiger partial charge < -0.3 is 19.5 Å². The van der Waals surface area contributed by atoms with Crippen molar-refractivity contribution in [2.75, 3.05) is 13.9 Å². The molecule has 7 heteroatoms. The Morgan fingerprint density at radius 2 is 1.91 bits per heavy atom. The van der Waals surface area contributed by atoms with Crippen molar-refractivity contribution in [2.45, 2.75) is 31.6 Å². The zero-order chi connectivity index (χ0) is 22.4. The third kappa shape index (κ3) is 3.35. The van der Waals surface area contributed by atoms with Gasteiger partial charge >= 0.3 is 5.97 Å². The van der Waals surface area contributed by atoms with Gasteiger partial charge in [0, 0.05) is 34.3 Å². The molecular weight excluding hydrogens is 430 g/mol. The second-order valence-electron chi connectivity index (χ2n) is 8.14. The maximum atomic E-state index is 13.5. The molecule has 3 aliphatic rings.